The van der Waals surface area contributed by atoms with Gasteiger partial charge in [-0.3, -0.25) is 0 Å². The number of hydrogen-bond donors (Lipinski definition) is 1. The molecule has 0 aromatic heterocycles. The quantitative estimate of drug-likeness (QED) is 0.258. The summed E-state index contributed by atoms with van der Waals surface area (Å²) < 4.78 is 5.71. The van der Waals surface area contributed by atoms with Crippen molar-refractivity contribution in [3.63, 3.8) is 0 Å². The fourth-order valence-corrected chi connectivity index (χ4v) is 2.89. The summed E-state index contributed by atoms with van der Waals surface area (Å²) in [7, 11) is 0. The lowest BCUT2D eigenvalue weighted by atomic mass is 10.1. The predicted molar refractivity (Wildman–Crippen MR) is 104 cm³/mol. The molecule has 0 saturated heterocycles. The van der Waals surface area contributed by atoms with Gasteiger partial charge in [-0.1, -0.05) is 90.9 Å². The SMILES string of the molecule is CCCCCCCCCCOCCCNCCCCCCCC. The Morgan fingerprint density at radius 1 is 0.478 bits per heavy atom. The lowest BCUT2D eigenvalue weighted by molar-refractivity contribution is 0.127. The Balaban J connectivity index is 2.92. The van der Waals surface area contributed by atoms with E-state index in [9.17, 15) is 0 Å². The molecule has 2 nitrogen and oxygen atoms in total. The van der Waals surface area contributed by atoms with E-state index in [0.29, 0.717) is 0 Å². The molecule has 0 aliphatic heterocycles. The van der Waals surface area contributed by atoms with E-state index in [1.807, 2.05) is 0 Å². The topological polar surface area (TPSA) is 21.3 Å². The summed E-state index contributed by atoms with van der Waals surface area (Å²) in [6.07, 6.45) is 20.5. The minimum atomic E-state index is 0.931. The summed E-state index contributed by atoms with van der Waals surface area (Å²) in [4.78, 5) is 0. The Morgan fingerprint density at radius 3 is 1.52 bits per heavy atom. The monoisotopic (exact) mass is 327 g/mol. The van der Waals surface area contributed by atoms with Gasteiger partial charge in [0.1, 0.15) is 0 Å². The van der Waals surface area contributed by atoms with Crippen LogP contribution in [-0.2, 0) is 4.74 Å². The fraction of sp³-hybridized carbons (Fsp3) is 1.00. The number of hydrogen-bond acceptors (Lipinski definition) is 2. The van der Waals surface area contributed by atoms with Gasteiger partial charge in [-0.25, -0.2) is 0 Å². The van der Waals surface area contributed by atoms with Crippen LogP contribution in [0, 0.1) is 0 Å². The average molecular weight is 328 g/mol. The van der Waals surface area contributed by atoms with Crippen molar-refractivity contribution in [3.8, 4) is 0 Å². The van der Waals surface area contributed by atoms with Gasteiger partial charge in [-0.2, -0.15) is 0 Å². The van der Waals surface area contributed by atoms with E-state index in [1.54, 1.807) is 0 Å². The molecule has 0 rings (SSSR count). The van der Waals surface area contributed by atoms with Crippen LogP contribution in [0.5, 0.6) is 0 Å². The minimum absolute atomic E-state index is 0.931. The van der Waals surface area contributed by atoms with Gasteiger partial charge in [0.25, 0.3) is 0 Å². The van der Waals surface area contributed by atoms with Crippen LogP contribution < -0.4 is 5.32 Å². The van der Waals surface area contributed by atoms with E-state index in [-0.39, 0.29) is 0 Å². The zero-order valence-electron chi connectivity index (χ0n) is 16.3. The van der Waals surface area contributed by atoms with Crippen molar-refractivity contribution in [3.05, 3.63) is 0 Å². The van der Waals surface area contributed by atoms with Crippen LogP contribution in [0.15, 0.2) is 0 Å². The first-order valence-electron chi connectivity index (χ1n) is 10.7. The van der Waals surface area contributed by atoms with Crippen molar-refractivity contribution in [1.82, 2.24) is 5.32 Å². The highest BCUT2D eigenvalue weighted by Gasteiger charge is 1.94. The molecular weight excluding hydrogens is 282 g/mol. The highest BCUT2D eigenvalue weighted by molar-refractivity contribution is 4.50. The molecule has 1 N–H and O–H groups in total. The van der Waals surface area contributed by atoms with Gasteiger partial charge in [0.05, 0.1) is 0 Å². The molecule has 2 heteroatoms. The molecule has 0 saturated carbocycles. The van der Waals surface area contributed by atoms with Crippen molar-refractivity contribution in [2.45, 2.75) is 110 Å². The van der Waals surface area contributed by atoms with Gasteiger partial charge in [-0.15, -0.1) is 0 Å². The maximum absolute atomic E-state index is 5.71. The molecule has 0 aromatic carbocycles. The van der Waals surface area contributed by atoms with Gasteiger partial charge >= 0.3 is 0 Å². The lowest BCUT2D eigenvalue weighted by Gasteiger charge is -2.06. The second-order valence-electron chi connectivity index (χ2n) is 6.96. The normalized spacial score (nSPS) is 11.2. The summed E-state index contributed by atoms with van der Waals surface area (Å²) in [5, 5.41) is 3.53. The summed E-state index contributed by atoms with van der Waals surface area (Å²) in [6.45, 7) is 8.75. The molecule has 0 fully saturated rings. The highest BCUT2D eigenvalue weighted by atomic mass is 16.5. The first kappa shape index (κ1) is 22.9. The number of ether oxygens (including phenoxy) is 1. The number of nitrogens with one attached hydrogen (secondary N) is 1. The second-order valence-corrected chi connectivity index (χ2v) is 6.96. The Hall–Kier alpha value is -0.0800. The van der Waals surface area contributed by atoms with E-state index >= 15 is 0 Å². The van der Waals surface area contributed by atoms with Crippen LogP contribution in [0.25, 0.3) is 0 Å². The summed E-state index contributed by atoms with van der Waals surface area (Å²) >= 11 is 0. The third-order valence-electron chi connectivity index (χ3n) is 4.49. The van der Waals surface area contributed by atoms with Gasteiger partial charge in [0.15, 0.2) is 0 Å². The fourth-order valence-electron chi connectivity index (χ4n) is 2.89. The second kappa shape index (κ2) is 21.9. The van der Waals surface area contributed by atoms with Gasteiger partial charge in [-0.05, 0) is 32.4 Å². The minimum Gasteiger partial charge on any atom is -0.381 e. The number of unbranched alkanes of at least 4 members (excludes halogenated alkanes) is 12. The summed E-state index contributed by atoms with van der Waals surface area (Å²) in [5.74, 6) is 0. The van der Waals surface area contributed by atoms with E-state index in [1.165, 1.54) is 96.4 Å². The molecule has 0 radical (unpaired) electrons. The van der Waals surface area contributed by atoms with Crippen LogP contribution in [0.2, 0.25) is 0 Å². The van der Waals surface area contributed by atoms with Crippen molar-refractivity contribution in [2.75, 3.05) is 26.3 Å². The molecule has 0 bridgehead atoms. The molecule has 140 valence electrons. The zero-order valence-corrected chi connectivity index (χ0v) is 16.3. The summed E-state index contributed by atoms with van der Waals surface area (Å²) in [5.41, 5.74) is 0. The van der Waals surface area contributed by atoms with Crippen molar-refractivity contribution < 1.29 is 4.74 Å². The Bertz CT molecular complexity index is 176. The number of rotatable bonds is 20. The van der Waals surface area contributed by atoms with Gasteiger partial charge in [0, 0.05) is 13.2 Å². The van der Waals surface area contributed by atoms with Crippen LogP contribution in [0.1, 0.15) is 110 Å². The standard InChI is InChI=1S/C21H45NO/c1-3-5-7-9-11-12-14-16-20-23-21-17-19-22-18-15-13-10-8-6-4-2/h22H,3-21H2,1-2H3. The van der Waals surface area contributed by atoms with Crippen molar-refractivity contribution in [1.29, 1.82) is 0 Å². The predicted octanol–water partition coefficient (Wildman–Crippen LogP) is 6.48. The van der Waals surface area contributed by atoms with E-state index < -0.39 is 0 Å². The van der Waals surface area contributed by atoms with Crippen LogP contribution >= 0.6 is 0 Å². The van der Waals surface area contributed by atoms with Crippen LogP contribution in [0.3, 0.4) is 0 Å². The molecule has 0 unspecified atom stereocenters. The first-order valence-corrected chi connectivity index (χ1v) is 10.7. The van der Waals surface area contributed by atoms with Crippen LogP contribution in [-0.4, -0.2) is 26.3 Å². The third-order valence-corrected chi connectivity index (χ3v) is 4.49. The summed E-state index contributed by atoms with van der Waals surface area (Å²) in [6, 6.07) is 0. The largest absolute Gasteiger partial charge is 0.381 e. The molecule has 0 aliphatic rings. The van der Waals surface area contributed by atoms with E-state index in [0.717, 1.165) is 26.2 Å². The molecule has 0 aromatic rings. The average Bonchev–Trinajstić information content (AvgIpc) is 2.57. The van der Waals surface area contributed by atoms with E-state index in [2.05, 4.69) is 19.2 Å². The van der Waals surface area contributed by atoms with Crippen LogP contribution in [0.4, 0.5) is 0 Å². The van der Waals surface area contributed by atoms with Gasteiger partial charge in [0.2, 0.25) is 0 Å². The smallest absolute Gasteiger partial charge is 0.0478 e. The third kappa shape index (κ3) is 21.9. The molecule has 0 amide bonds. The van der Waals surface area contributed by atoms with Gasteiger partial charge < -0.3 is 10.1 Å². The van der Waals surface area contributed by atoms with Crippen molar-refractivity contribution in [2.24, 2.45) is 0 Å². The molecule has 23 heavy (non-hydrogen) atoms. The maximum Gasteiger partial charge on any atom is 0.0478 e. The Morgan fingerprint density at radius 2 is 0.913 bits per heavy atom. The van der Waals surface area contributed by atoms with Crippen molar-refractivity contribution >= 4 is 0 Å². The molecule has 0 aliphatic carbocycles. The lowest BCUT2D eigenvalue weighted by Crippen LogP contribution is -2.18. The maximum atomic E-state index is 5.71. The Labute approximate surface area is 147 Å². The highest BCUT2D eigenvalue weighted by Crippen LogP contribution is 2.08. The zero-order chi connectivity index (χ0) is 16.8. The molecule has 0 atom stereocenters. The first-order chi connectivity index (χ1) is 11.4. The molecule has 0 spiro atoms. The van der Waals surface area contributed by atoms with E-state index in [4.69, 9.17) is 4.74 Å². The molecular formula is C21H45NO. The molecule has 0 heterocycles. The Kier molecular flexibility index (Phi) is 21.8.